The van der Waals surface area contributed by atoms with E-state index >= 15 is 0 Å². The number of aliphatic hydroxyl groups is 1. The summed E-state index contributed by atoms with van der Waals surface area (Å²) in [4.78, 5) is 11.9. The van der Waals surface area contributed by atoms with Gasteiger partial charge in [-0.3, -0.25) is 4.79 Å². The van der Waals surface area contributed by atoms with Crippen molar-refractivity contribution in [2.75, 3.05) is 0 Å². The molecule has 1 aromatic heterocycles. The first-order valence-electron chi connectivity index (χ1n) is 8.93. The van der Waals surface area contributed by atoms with Gasteiger partial charge in [-0.1, -0.05) is 12.1 Å². The van der Waals surface area contributed by atoms with Crippen LogP contribution in [0.1, 0.15) is 27.0 Å². The fourth-order valence-corrected chi connectivity index (χ4v) is 3.71. The maximum Gasteiger partial charge on any atom is 0.416 e. The minimum absolute atomic E-state index is 0.175. The van der Waals surface area contributed by atoms with E-state index in [0.717, 1.165) is 18.2 Å². The van der Waals surface area contributed by atoms with Crippen LogP contribution in [0, 0.1) is 11.9 Å². The number of nitrogens with two attached hydrogens (primary N) is 1. The van der Waals surface area contributed by atoms with Crippen LogP contribution in [0.4, 0.5) is 17.6 Å². The molecule has 4 nitrogen and oxygen atoms in total. The summed E-state index contributed by atoms with van der Waals surface area (Å²) in [5.41, 5.74) is 5.33. The lowest BCUT2D eigenvalue weighted by molar-refractivity contribution is -0.138. The molecule has 0 atom stereocenters. The van der Waals surface area contributed by atoms with E-state index in [-0.39, 0.29) is 12.2 Å². The largest absolute Gasteiger partial charge is 0.416 e. The van der Waals surface area contributed by atoms with Gasteiger partial charge in [0.25, 0.3) is 0 Å². The standard InChI is InChI=1S/C22H15F4N2O2/c23-17-5-2-4-16(22(24,25)26)15(17)10-28-18-6-1-3-14(21(27)30)20(18)13-8-7-12(11-29)9-19(13)28/h1-7,9,29H,10-11H2,(H2,27,30). The van der Waals surface area contributed by atoms with Gasteiger partial charge in [-0.05, 0) is 48.0 Å². The summed E-state index contributed by atoms with van der Waals surface area (Å²) in [6.45, 7) is -0.753. The summed E-state index contributed by atoms with van der Waals surface area (Å²) in [5, 5.41) is 10.3. The van der Waals surface area contributed by atoms with E-state index in [1.54, 1.807) is 18.2 Å². The Balaban J connectivity index is 2.07. The number of hydrogen-bond donors (Lipinski definition) is 2. The maximum atomic E-state index is 14.5. The SMILES string of the molecule is NC(=O)c1cccc2c1c1[c]cc(CO)cc1n2Cc1c(F)cccc1C(F)(F)F. The van der Waals surface area contributed by atoms with Gasteiger partial charge < -0.3 is 15.4 Å². The molecule has 8 heteroatoms. The monoisotopic (exact) mass is 415 g/mol. The number of fused-ring (bicyclic) bond motifs is 3. The predicted octanol–water partition coefficient (Wildman–Crippen LogP) is 4.39. The second kappa shape index (κ2) is 7.14. The Hall–Kier alpha value is -3.39. The number of hydrogen-bond acceptors (Lipinski definition) is 2. The molecule has 1 amide bonds. The summed E-state index contributed by atoms with van der Waals surface area (Å²) >= 11 is 0. The highest BCUT2D eigenvalue weighted by Gasteiger charge is 2.34. The smallest absolute Gasteiger partial charge is 0.392 e. The quantitative estimate of drug-likeness (QED) is 0.486. The molecular formula is C22H15F4N2O2. The van der Waals surface area contributed by atoms with Crippen LogP contribution in [0.5, 0.6) is 0 Å². The number of carbonyl (C=O) groups is 1. The highest BCUT2D eigenvalue weighted by molar-refractivity contribution is 6.17. The summed E-state index contributed by atoms with van der Waals surface area (Å²) in [6, 6.07) is 13.5. The van der Waals surface area contributed by atoms with Crippen LogP contribution in [0.2, 0.25) is 0 Å². The van der Waals surface area contributed by atoms with E-state index in [0.29, 0.717) is 27.4 Å². The van der Waals surface area contributed by atoms with E-state index in [1.165, 1.54) is 16.7 Å². The number of benzene rings is 3. The van der Waals surface area contributed by atoms with Gasteiger partial charge >= 0.3 is 6.18 Å². The number of halogens is 4. The van der Waals surface area contributed by atoms with Crippen molar-refractivity contribution in [1.82, 2.24) is 4.57 Å². The molecule has 0 aliphatic carbocycles. The predicted molar refractivity (Wildman–Crippen MR) is 103 cm³/mol. The van der Waals surface area contributed by atoms with E-state index in [9.17, 15) is 27.5 Å². The zero-order valence-electron chi connectivity index (χ0n) is 15.4. The number of aliphatic hydroxyl groups excluding tert-OH is 1. The van der Waals surface area contributed by atoms with Crippen LogP contribution in [-0.2, 0) is 19.3 Å². The number of carbonyl (C=O) groups excluding carboxylic acids is 1. The van der Waals surface area contributed by atoms with Crippen LogP contribution in [0.15, 0.2) is 48.5 Å². The Kier molecular flexibility index (Phi) is 4.74. The minimum Gasteiger partial charge on any atom is -0.392 e. The molecule has 0 spiro atoms. The molecule has 0 fully saturated rings. The average molecular weight is 415 g/mol. The van der Waals surface area contributed by atoms with Crippen molar-refractivity contribution in [2.24, 2.45) is 5.73 Å². The summed E-state index contributed by atoms with van der Waals surface area (Å²) in [5.74, 6) is -1.70. The zero-order valence-corrected chi connectivity index (χ0v) is 15.4. The van der Waals surface area contributed by atoms with E-state index in [4.69, 9.17) is 5.73 Å². The van der Waals surface area contributed by atoms with Gasteiger partial charge in [0.15, 0.2) is 0 Å². The van der Waals surface area contributed by atoms with Crippen LogP contribution >= 0.6 is 0 Å². The number of aromatic nitrogens is 1. The Labute approximate surface area is 168 Å². The Morgan fingerprint density at radius 1 is 1.13 bits per heavy atom. The van der Waals surface area contributed by atoms with Crippen molar-refractivity contribution in [1.29, 1.82) is 0 Å². The molecule has 0 aliphatic rings. The maximum absolute atomic E-state index is 14.5. The lowest BCUT2D eigenvalue weighted by Gasteiger charge is -2.16. The average Bonchev–Trinajstić information content (AvgIpc) is 3.01. The van der Waals surface area contributed by atoms with Crippen LogP contribution in [-0.4, -0.2) is 15.6 Å². The molecule has 0 aliphatic heterocycles. The number of nitrogens with zero attached hydrogens (tertiary/aromatic N) is 1. The van der Waals surface area contributed by atoms with Crippen molar-refractivity contribution >= 4 is 27.7 Å². The highest BCUT2D eigenvalue weighted by Crippen LogP contribution is 2.37. The molecule has 3 N–H and O–H groups in total. The third-order valence-electron chi connectivity index (χ3n) is 5.04. The van der Waals surface area contributed by atoms with Crippen molar-refractivity contribution in [3.05, 3.63) is 82.7 Å². The first-order valence-corrected chi connectivity index (χ1v) is 8.93. The number of primary amides is 1. The number of rotatable bonds is 4. The van der Waals surface area contributed by atoms with Gasteiger partial charge in [0.05, 0.1) is 29.7 Å². The molecule has 1 heterocycles. The first kappa shape index (κ1) is 19.9. The van der Waals surface area contributed by atoms with Gasteiger partial charge in [0.2, 0.25) is 5.91 Å². The van der Waals surface area contributed by atoms with Crippen LogP contribution < -0.4 is 5.73 Å². The molecule has 3 aromatic carbocycles. The van der Waals surface area contributed by atoms with E-state index in [2.05, 4.69) is 6.07 Å². The molecule has 0 bridgehead atoms. The topological polar surface area (TPSA) is 68.2 Å². The van der Waals surface area contributed by atoms with Crippen LogP contribution in [0.3, 0.4) is 0 Å². The van der Waals surface area contributed by atoms with Gasteiger partial charge in [-0.15, -0.1) is 0 Å². The normalized spacial score (nSPS) is 12.0. The van der Waals surface area contributed by atoms with E-state index in [1.807, 2.05) is 0 Å². The lowest BCUT2D eigenvalue weighted by Crippen LogP contribution is -2.14. The zero-order chi connectivity index (χ0) is 21.6. The third kappa shape index (κ3) is 3.19. The summed E-state index contributed by atoms with van der Waals surface area (Å²) in [7, 11) is 0. The van der Waals surface area contributed by atoms with Crippen molar-refractivity contribution in [2.45, 2.75) is 19.3 Å². The Morgan fingerprint density at radius 3 is 2.53 bits per heavy atom. The van der Waals surface area contributed by atoms with Gasteiger partial charge in [-0.25, -0.2) is 4.39 Å². The molecule has 1 radical (unpaired) electrons. The molecular weight excluding hydrogens is 400 g/mol. The van der Waals surface area contributed by atoms with E-state index < -0.39 is 35.6 Å². The van der Waals surface area contributed by atoms with Crippen molar-refractivity contribution in [3.8, 4) is 0 Å². The number of alkyl halides is 3. The summed E-state index contributed by atoms with van der Waals surface area (Å²) < 4.78 is 56.5. The first-order chi connectivity index (χ1) is 14.2. The fourth-order valence-electron chi connectivity index (χ4n) is 3.71. The minimum atomic E-state index is -4.74. The van der Waals surface area contributed by atoms with Gasteiger partial charge in [0.1, 0.15) is 5.82 Å². The fraction of sp³-hybridized carbons (Fsp3) is 0.136. The van der Waals surface area contributed by atoms with Gasteiger partial charge in [-0.2, -0.15) is 13.2 Å². The number of amides is 1. The second-order valence-corrected chi connectivity index (χ2v) is 6.84. The molecule has 30 heavy (non-hydrogen) atoms. The van der Waals surface area contributed by atoms with Crippen LogP contribution in [0.25, 0.3) is 21.8 Å². The van der Waals surface area contributed by atoms with Crippen molar-refractivity contribution in [3.63, 3.8) is 0 Å². The molecule has 0 saturated heterocycles. The van der Waals surface area contributed by atoms with Gasteiger partial charge in [0, 0.05) is 21.9 Å². The second-order valence-electron chi connectivity index (χ2n) is 6.84. The highest BCUT2D eigenvalue weighted by atomic mass is 19.4. The molecule has 4 rings (SSSR count). The molecule has 4 aromatic rings. The Bertz CT molecular complexity index is 1290. The molecule has 0 saturated carbocycles. The molecule has 153 valence electrons. The van der Waals surface area contributed by atoms with Crippen molar-refractivity contribution < 1.29 is 27.5 Å². The molecule has 0 unspecified atom stereocenters. The third-order valence-corrected chi connectivity index (χ3v) is 5.04. The lowest BCUT2D eigenvalue weighted by atomic mass is 10.0. The Morgan fingerprint density at radius 2 is 1.87 bits per heavy atom. The summed E-state index contributed by atoms with van der Waals surface area (Å²) in [6.07, 6.45) is -4.74.